The first-order valence-electron chi connectivity index (χ1n) is 9.88. The smallest absolute Gasteiger partial charge is 0.410 e. The van der Waals surface area contributed by atoms with Crippen LogP contribution >= 0.6 is 22.9 Å². The Hall–Kier alpha value is -2.65. The standard InChI is InChI=1S/C21H23ClN4O4S/c1-20(2,3)30-19(29)25-7-6-21(11-25)12-26(15-5-4-13(10-27)8-14(15)21)18(28)24-17-23-9-16(22)31-17/h4-5,8-10H,6-7,11-12H2,1-3H3,(H,23,24,28). The quantitative estimate of drug-likeness (QED) is 0.661. The number of hydrogen-bond donors (Lipinski definition) is 1. The molecule has 164 valence electrons. The number of aromatic nitrogens is 1. The number of urea groups is 1. The fourth-order valence-electron chi connectivity index (χ4n) is 4.12. The van der Waals surface area contributed by atoms with Gasteiger partial charge in [0, 0.05) is 36.3 Å². The number of nitrogens with zero attached hydrogens (tertiary/aromatic N) is 3. The van der Waals surface area contributed by atoms with E-state index >= 15 is 0 Å². The molecular formula is C21H23ClN4O4S. The number of thiazole rings is 1. The third-order valence-electron chi connectivity index (χ3n) is 5.42. The van der Waals surface area contributed by atoms with Crippen LogP contribution in [0.15, 0.2) is 24.4 Å². The van der Waals surface area contributed by atoms with E-state index in [1.165, 1.54) is 17.5 Å². The average Bonchev–Trinajstić information content (AvgIpc) is 3.39. The van der Waals surface area contributed by atoms with E-state index in [0.29, 0.717) is 41.1 Å². The number of fused-ring (bicyclic) bond motifs is 2. The van der Waals surface area contributed by atoms with E-state index in [0.717, 1.165) is 17.5 Å². The molecule has 1 aromatic carbocycles. The molecule has 1 spiro atoms. The molecule has 0 radical (unpaired) electrons. The van der Waals surface area contributed by atoms with Gasteiger partial charge in [-0.2, -0.15) is 0 Å². The van der Waals surface area contributed by atoms with E-state index < -0.39 is 11.0 Å². The molecule has 3 amide bonds. The van der Waals surface area contributed by atoms with Crippen LogP contribution in [-0.2, 0) is 10.2 Å². The van der Waals surface area contributed by atoms with E-state index in [2.05, 4.69) is 10.3 Å². The van der Waals surface area contributed by atoms with Crippen LogP contribution in [-0.4, -0.2) is 53.5 Å². The molecule has 2 aromatic rings. The SMILES string of the molecule is CC(C)(C)OC(=O)N1CCC2(C1)CN(C(=O)Nc1ncc(Cl)s1)c1ccc(C=O)cc12. The van der Waals surface area contributed by atoms with Crippen molar-refractivity contribution >= 4 is 52.2 Å². The van der Waals surface area contributed by atoms with E-state index in [4.69, 9.17) is 16.3 Å². The second kappa shape index (κ2) is 7.80. The summed E-state index contributed by atoms with van der Waals surface area (Å²) < 4.78 is 6.01. The van der Waals surface area contributed by atoms with Gasteiger partial charge in [-0.05, 0) is 51.0 Å². The molecule has 1 atom stereocenters. The van der Waals surface area contributed by atoms with Gasteiger partial charge in [-0.3, -0.25) is 15.0 Å². The van der Waals surface area contributed by atoms with Gasteiger partial charge in [0.15, 0.2) is 5.13 Å². The zero-order chi connectivity index (χ0) is 22.4. The Morgan fingerprint density at radius 1 is 1.32 bits per heavy atom. The molecule has 4 rings (SSSR count). The number of carbonyl (C=O) groups excluding carboxylic acids is 3. The van der Waals surface area contributed by atoms with Crippen molar-refractivity contribution in [3.05, 3.63) is 39.9 Å². The third kappa shape index (κ3) is 4.24. The largest absolute Gasteiger partial charge is 0.444 e. The first-order valence-corrected chi connectivity index (χ1v) is 11.1. The molecule has 2 aliphatic rings. The molecule has 10 heteroatoms. The number of aldehydes is 1. The number of likely N-dealkylation sites (tertiary alicyclic amines) is 1. The van der Waals surface area contributed by atoms with Gasteiger partial charge in [0.05, 0.1) is 6.20 Å². The number of anilines is 2. The van der Waals surface area contributed by atoms with Crippen molar-refractivity contribution in [1.82, 2.24) is 9.88 Å². The average molecular weight is 463 g/mol. The maximum Gasteiger partial charge on any atom is 0.410 e. The minimum absolute atomic E-state index is 0.335. The van der Waals surface area contributed by atoms with Crippen molar-refractivity contribution in [2.45, 2.75) is 38.2 Å². The lowest BCUT2D eigenvalue weighted by atomic mass is 9.81. The predicted octanol–water partition coefficient (Wildman–Crippen LogP) is 4.54. The van der Waals surface area contributed by atoms with Gasteiger partial charge in [-0.25, -0.2) is 14.6 Å². The molecule has 1 aromatic heterocycles. The zero-order valence-electron chi connectivity index (χ0n) is 17.5. The first kappa shape index (κ1) is 21.6. The fraction of sp³-hybridized carbons (Fsp3) is 0.429. The number of benzene rings is 1. The number of amides is 3. The Balaban J connectivity index is 1.62. The van der Waals surface area contributed by atoms with Crippen molar-refractivity contribution < 1.29 is 19.1 Å². The van der Waals surface area contributed by atoms with Crippen molar-refractivity contribution in [2.75, 3.05) is 29.9 Å². The van der Waals surface area contributed by atoms with Gasteiger partial charge in [-0.1, -0.05) is 22.9 Å². The lowest BCUT2D eigenvalue weighted by Crippen LogP contribution is -2.42. The molecule has 0 bridgehead atoms. The van der Waals surface area contributed by atoms with Gasteiger partial charge >= 0.3 is 12.1 Å². The van der Waals surface area contributed by atoms with Gasteiger partial charge in [0.1, 0.15) is 16.2 Å². The first-order chi connectivity index (χ1) is 14.6. The lowest BCUT2D eigenvalue weighted by molar-refractivity contribution is 0.0285. The molecule has 1 N–H and O–H groups in total. The third-order valence-corrected chi connectivity index (χ3v) is 6.45. The van der Waals surface area contributed by atoms with Crippen molar-refractivity contribution in [3.8, 4) is 0 Å². The van der Waals surface area contributed by atoms with Crippen LogP contribution in [0.3, 0.4) is 0 Å². The summed E-state index contributed by atoms with van der Waals surface area (Å²) in [5.74, 6) is 0. The number of hydrogen-bond acceptors (Lipinski definition) is 6. The van der Waals surface area contributed by atoms with Gasteiger partial charge < -0.3 is 9.64 Å². The van der Waals surface area contributed by atoms with Crippen LogP contribution in [0, 0.1) is 0 Å². The predicted molar refractivity (Wildman–Crippen MR) is 119 cm³/mol. The normalized spacial score (nSPS) is 20.1. The summed E-state index contributed by atoms with van der Waals surface area (Å²) >= 11 is 7.09. The van der Waals surface area contributed by atoms with E-state index in [1.807, 2.05) is 26.8 Å². The Kier molecular flexibility index (Phi) is 5.43. The van der Waals surface area contributed by atoms with Gasteiger partial charge in [0.2, 0.25) is 0 Å². The second-order valence-electron chi connectivity index (χ2n) is 8.81. The van der Waals surface area contributed by atoms with Crippen molar-refractivity contribution in [1.29, 1.82) is 0 Å². The molecule has 0 aliphatic carbocycles. The number of ether oxygens (including phenoxy) is 1. The molecule has 1 fully saturated rings. The number of rotatable bonds is 2. The fourth-order valence-corrected chi connectivity index (χ4v) is 4.92. The van der Waals surface area contributed by atoms with Crippen molar-refractivity contribution in [2.24, 2.45) is 0 Å². The molecule has 1 unspecified atom stereocenters. The number of nitrogens with one attached hydrogen (secondary N) is 1. The summed E-state index contributed by atoms with van der Waals surface area (Å²) in [6, 6.07) is 4.94. The summed E-state index contributed by atoms with van der Waals surface area (Å²) in [6.45, 7) is 6.79. The minimum atomic E-state index is -0.591. The van der Waals surface area contributed by atoms with Gasteiger partial charge in [-0.15, -0.1) is 0 Å². The van der Waals surface area contributed by atoms with Crippen LogP contribution in [0.4, 0.5) is 20.4 Å². The highest BCUT2D eigenvalue weighted by molar-refractivity contribution is 7.19. The van der Waals surface area contributed by atoms with Crippen LogP contribution in [0.2, 0.25) is 4.34 Å². The maximum absolute atomic E-state index is 13.0. The molecule has 8 nitrogen and oxygen atoms in total. The Labute approximate surface area is 189 Å². The lowest BCUT2D eigenvalue weighted by Gasteiger charge is -2.27. The second-order valence-corrected chi connectivity index (χ2v) is 10.5. The van der Waals surface area contributed by atoms with Gasteiger partial charge in [0.25, 0.3) is 0 Å². The summed E-state index contributed by atoms with van der Waals surface area (Å²) in [6.07, 6.45) is 2.55. The summed E-state index contributed by atoms with van der Waals surface area (Å²) in [4.78, 5) is 44.5. The van der Waals surface area contributed by atoms with Crippen molar-refractivity contribution in [3.63, 3.8) is 0 Å². The van der Waals surface area contributed by atoms with E-state index in [1.54, 1.807) is 21.9 Å². The highest BCUT2D eigenvalue weighted by Gasteiger charge is 2.50. The molecule has 3 heterocycles. The maximum atomic E-state index is 13.0. The molecule has 31 heavy (non-hydrogen) atoms. The summed E-state index contributed by atoms with van der Waals surface area (Å²) in [7, 11) is 0. The van der Waals surface area contributed by atoms with Crippen LogP contribution in [0.1, 0.15) is 43.1 Å². The molecular weight excluding hydrogens is 440 g/mol. The van der Waals surface area contributed by atoms with E-state index in [-0.39, 0.29) is 12.1 Å². The Morgan fingerprint density at radius 3 is 2.74 bits per heavy atom. The topological polar surface area (TPSA) is 91.8 Å². The Morgan fingerprint density at radius 2 is 2.10 bits per heavy atom. The number of carbonyl (C=O) groups is 3. The van der Waals surface area contributed by atoms with Crippen LogP contribution in [0.25, 0.3) is 0 Å². The Bertz CT molecular complexity index is 1050. The molecule has 0 saturated carbocycles. The van der Waals surface area contributed by atoms with E-state index in [9.17, 15) is 14.4 Å². The van der Waals surface area contributed by atoms with Crippen LogP contribution in [0.5, 0.6) is 0 Å². The highest BCUT2D eigenvalue weighted by atomic mass is 35.5. The van der Waals surface area contributed by atoms with Crippen LogP contribution < -0.4 is 10.2 Å². The zero-order valence-corrected chi connectivity index (χ0v) is 19.0. The monoisotopic (exact) mass is 462 g/mol. The summed E-state index contributed by atoms with van der Waals surface area (Å²) in [5.41, 5.74) is 1.07. The molecule has 2 aliphatic heterocycles. The highest BCUT2D eigenvalue weighted by Crippen LogP contribution is 2.47. The molecule has 1 saturated heterocycles. The summed E-state index contributed by atoms with van der Waals surface area (Å²) in [5, 5.41) is 3.19. The minimum Gasteiger partial charge on any atom is -0.444 e. The number of halogens is 1.